The van der Waals surface area contributed by atoms with Crippen molar-refractivity contribution in [3.8, 4) is 11.8 Å². The Morgan fingerprint density at radius 2 is 1.93 bits per heavy atom. The number of cyclic esters (lactones) is 1. The summed E-state index contributed by atoms with van der Waals surface area (Å²) in [4.78, 5) is 48.3. The second-order valence-corrected chi connectivity index (χ2v) is 10.6. The molecule has 4 atom stereocenters. The van der Waals surface area contributed by atoms with Crippen molar-refractivity contribution in [2.75, 3.05) is 7.11 Å². The summed E-state index contributed by atoms with van der Waals surface area (Å²) in [6, 6.07) is -0.815. The third kappa shape index (κ3) is 13.6. The molecule has 0 radical (unpaired) electrons. The molecule has 41 heavy (non-hydrogen) atoms. The summed E-state index contributed by atoms with van der Waals surface area (Å²) in [5.41, 5.74) is 5.46. The van der Waals surface area contributed by atoms with Gasteiger partial charge in [-0.05, 0) is 31.5 Å². The molecule has 0 saturated heterocycles. The minimum atomic E-state index is -0.893. The van der Waals surface area contributed by atoms with Crippen molar-refractivity contribution in [1.82, 2.24) is 10.6 Å². The van der Waals surface area contributed by atoms with E-state index in [1.807, 2.05) is 46.8 Å². The number of esters is 1. The lowest BCUT2D eigenvalue weighted by atomic mass is 9.86. The molecule has 0 aliphatic carbocycles. The van der Waals surface area contributed by atoms with Gasteiger partial charge < -0.3 is 30.6 Å². The number of allylic oxidation sites excluding steroid dienone is 4. The minimum Gasteiger partial charge on any atom is -0.490 e. The van der Waals surface area contributed by atoms with E-state index >= 15 is 0 Å². The summed E-state index contributed by atoms with van der Waals surface area (Å²) in [7, 11) is 1.43. The van der Waals surface area contributed by atoms with Gasteiger partial charge in [0.15, 0.2) is 5.76 Å². The van der Waals surface area contributed by atoms with Gasteiger partial charge in [0.05, 0.1) is 7.11 Å². The van der Waals surface area contributed by atoms with Gasteiger partial charge in [-0.15, -0.1) is 5.92 Å². The number of carbonyl (C=O) groups is 4. The number of ether oxygens (including phenoxy) is 3. The van der Waals surface area contributed by atoms with Crippen molar-refractivity contribution < 1.29 is 33.4 Å². The van der Waals surface area contributed by atoms with E-state index < -0.39 is 41.4 Å². The standard InChI is InChI=1S/C31H43N3O7/c1-8-9-14-23(40-30(32)38)15-12-19-33-28(36)27(31(4,5)6)34-26(35)16-11-10-13-21(2)20-22(3)24-17-18-25(39-7)29(37)41-24/h10-13,16,18-20,22-24,27H,14-15,17H2,1-7H3,(H2,32,38)(H,33,36)(H,34,35). The summed E-state index contributed by atoms with van der Waals surface area (Å²) in [5.74, 6) is 4.48. The molecule has 224 valence electrons. The molecule has 0 aromatic carbocycles. The number of primary amides is 1. The topological polar surface area (TPSA) is 146 Å². The third-order valence-electron chi connectivity index (χ3n) is 5.99. The molecule has 0 bridgehead atoms. The molecule has 0 spiro atoms. The van der Waals surface area contributed by atoms with Crippen molar-refractivity contribution in [3.63, 3.8) is 0 Å². The highest BCUT2D eigenvalue weighted by atomic mass is 16.6. The van der Waals surface area contributed by atoms with Crippen LogP contribution in [0.5, 0.6) is 0 Å². The van der Waals surface area contributed by atoms with Crippen LogP contribution in [0.3, 0.4) is 0 Å². The van der Waals surface area contributed by atoms with Crippen molar-refractivity contribution >= 4 is 23.9 Å². The lowest BCUT2D eigenvalue weighted by Gasteiger charge is -2.29. The van der Waals surface area contributed by atoms with Crippen LogP contribution < -0.4 is 16.4 Å². The molecule has 0 aromatic heterocycles. The van der Waals surface area contributed by atoms with E-state index in [2.05, 4.69) is 22.5 Å². The number of methoxy groups -OCH3 is 1. The van der Waals surface area contributed by atoms with E-state index in [9.17, 15) is 19.2 Å². The zero-order chi connectivity index (χ0) is 31.0. The van der Waals surface area contributed by atoms with Gasteiger partial charge in [-0.25, -0.2) is 9.59 Å². The van der Waals surface area contributed by atoms with Crippen LogP contribution in [0.15, 0.2) is 60.1 Å². The molecule has 3 amide bonds. The highest BCUT2D eigenvalue weighted by Gasteiger charge is 2.32. The predicted octanol–water partition coefficient (Wildman–Crippen LogP) is 3.96. The van der Waals surface area contributed by atoms with Gasteiger partial charge in [0.1, 0.15) is 18.2 Å². The molecular formula is C31H43N3O7. The Bertz CT molecular complexity index is 1150. The number of nitrogens with one attached hydrogen (secondary N) is 2. The summed E-state index contributed by atoms with van der Waals surface area (Å²) in [6.07, 6.45) is 12.8. The second kappa shape index (κ2) is 17.4. The van der Waals surface area contributed by atoms with Crippen LogP contribution in [0.1, 0.15) is 60.8 Å². The molecule has 0 fully saturated rings. The molecule has 0 saturated carbocycles. The summed E-state index contributed by atoms with van der Waals surface area (Å²) in [5, 5.41) is 5.41. The molecule has 1 heterocycles. The largest absolute Gasteiger partial charge is 0.490 e. The number of carbonyl (C=O) groups excluding carboxylic acids is 4. The van der Waals surface area contributed by atoms with Crippen LogP contribution in [0.25, 0.3) is 0 Å². The predicted molar refractivity (Wildman–Crippen MR) is 157 cm³/mol. The monoisotopic (exact) mass is 569 g/mol. The maximum absolute atomic E-state index is 12.8. The van der Waals surface area contributed by atoms with Gasteiger partial charge in [-0.1, -0.05) is 69.6 Å². The minimum absolute atomic E-state index is 0.0165. The van der Waals surface area contributed by atoms with E-state index in [4.69, 9.17) is 19.9 Å². The molecule has 10 nitrogen and oxygen atoms in total. The fourth-order valence-electron chi connectivity index (χ4n) is 3.83. The lowest BCUT2D eigenvalue weighted by Crippen LogP contribution is -2.52. The van der Waals surface area contributed by atoms with Gasteiger partial charge in [0.2, 0.25) is 11.8 Å². The molecule has 4 unspecified atom stereocenters. The van der Waals surface area contributed by atoms with Crippen LogP contribution >= 0.6 is 0 Å². The normalized spacial score (nSPS) is 18.1. The van der Waals surface area contributed by atoms with Crippen molar-refractivity contribution in [2.45, 2.75) is 79.1 Å². The van der Waals surface area contributed by atoms with E-state index in [1.165, 1.54) is 19.4 Å². The number of amides is 3. The Labute approximate surface area is 243 Å². The molecule has 1 rings (SSSR count). The van der Waals surface area contributed by atoms with Crippen molar-refractivity contribution in [2.24, 2.45) is 17.1 Å². The quantitative estimate of drug-likeness (QED) is 0.132. The Morgan fingerprint density at radius 3 is 2.51 bits per heavy atom. The molecule has 4 N–H and O–H groups in total. The second-order valence-electron chi connectivity index (χ2n) is 10.6. The van der Waals surface area contributed by atoms with Gasteiger partial charge in [0.25, 0.3) is 0 Å². The Kier molecular flexibility index (Phi) is 14.8. The van der Waals surface area contributed by atoms with Crippen molar-refractivity contribution in [1.29, 1.82) is 0 Å². The Morgan fingerprint density at radius 1 is 1.24 bits per heavy atom. The van der Waals surface area contributed by atoms with E-state index in [0.717, 1.165) is 5.57 Å². The van der Waals surface area contributed by atoms with Crippen LogP contribution in [-0.2, 0) is 28.6 Å². The smallest absolute Gasteiger partial charge is 0.404 e. The zero-order valence-corrected chi connectivity index (χ0v) is 25.0. The summed E-state index contributed by atoms with van der Waals surface area (Å²) < 4.78 is 15.4. The fraction of sp³-hybridized carbons (Fsp3) is 0.484. The number of hydrogen-bond donors (Lipinski definition) is 3. The highest BCUT2D eigenvalue weighted by Crippen LogP contribution is 2.23. The number of nitrogens with two attached hydrogens (primary N) is 1. The van der Waals surface area contributed by atoms with Gasteiger partial charge in [-0.2, -0.15) is 0 Å². The van der Waals surface area contributed by atoms with Gasteiger partial charge in [-0.3, -0.25) is 9.59 Å². The highest BCUT2D eigenvalue weighted by molar-refractivity contribution is 5.93. The van der Waals surface area contributed by atoms with Crippen molar-refractivity contribution in [3.05, 3.63) is 60.1 Å². The fourth-order valence-corrected chi connectivity index (χ4v) is 3.83. The molecular weight excluding hydrogens is 526 g/mol. The first-order valence-corrected chi connectivity index (χ1v) is 13.4. The maximum atomic E-state index is 12.8. The third-order valence-corrected chi connectivity index (χ3v) is 5.99. The average Bonchev–Trinajstić information content (AvgIpc) is 2.89. The van der Waals surface area contributed by atoms with Crippen LogP contribution in [0.4, 0.5) is 4.79 Å². The van der Waals surface area contributed by atoms with E-state index in [1.54, 1.807) is 31.2 Å². The Balaban J connectivity index is 2.69. The van der Waals surface area contributed by atoms with E-state index in [0.29, 0.717) is 19.3 Å². The first-order valence-electron chi connectivity index (χ1n) is 13.4. The molecule has 0 aromatic rings. The van der Waals surface area contributed by atoms with Crippen LogP contribution in [0.2, 0.25) is 0 Å². The average molecular weight is 570 g/mol. The number of hydrogen-bond acceptors (Lipinski definition) is 7. The Hall–Kier alpha value is -4.26. The molecule has 1 aliphatic rings. The first-order chi connectivity index (χ1) is 19.3. The molecule has 10 heteroatoms. The lowest BCUT2D eigenvalue weighted by molar-refractivity contribution is -0.151. The molecule has 1 aliphatic heterocycles. The van der Waals surface area contributed by atoms with Gasteiger partial charge >= 0.3 is 12.1 Å². The summed E-state index contributed by atoms with van der Waals surface area (Å²) >= 11 is 0. The van der Waals surface area contributed by atoms with Crippen LogP contribution in [0, 0.1) is 23.2 Å². The van der Waals surface area contributed by atoms with Gasteiger partial charge in [0, 0.05) is 31.3 Å². The first kappa shape index (κ1) is 34.8. The maximum Gasteiger partial charge on any atom is 0.404 e. The number of rotatable bonds is 13. The summed E-state index contributed by atoms with van der Waals surface area (Å²) in [6.45, 7) is 11.1. The van der Waals surface area contributed by atoms with E-state index in [-0.39, 0.29) is 17.8 Å². The SMILES string of the molecule is CC#CCC(CC=CNC(=O)C(NC(=O)C=CC=CC(C)=CC(C)C1CC=C(OC)C(=O)O1)C(C)(C)C)OC(N)=O. The zero-order valence-electron chi connectivity index (χ0n) is 25.0. The van der Waals surface area contributed by atoms with Crippen LogP contribution in [-0.4, -0.2) is 49.2 Å².